The maximum Gasteiger partial charge on any atom is 2.00 e. The predicted octanol–water partition coefficient (Wildman–Crippen LogP) is 1.57. The Morgan fingerprint density at radius 3 is 2.17 bits per heavy atom. The predicted molar refractivity (Wildman–Crippen MR) is 31.0 cm³/mol. The second-order valence-corrected chi connectivity index (χ2v) is 1.59. The molecular weight excluding hydrogens is 84.4 g/mol. The van der Waals surface area contributed by atoms with Gasteiger partial charge in [0, 0.05) is 0 Å². The molecule has 0 saturated carbocycles. The van der Waals surface area contributed by atoms with Crippen LogP contribution in [0.3, 0.4) is 0 Å². The standard InChI is InChI=1S/C5H8.Mg.2H/c1-5-3-2-4-5;;;/h3H,2,4H2,1H3;;;/q;+2;2*-1. The molecule has 0 heterocycles. The van der Waals surface area contributed by atoms with Crippen molar-refractivity contribution in [2.24, 2.45) is 0 Å². The van der Waals surface area contributed by atoms with Gasteiger partial charge < -0.3 is 2.85 Å². The van der Waals surface area contributed by atoms with Crippen LogP contribution >= 0.6 is 0 Å². The van der Waals surface area contributed by atoms with Gasteiger partial charge in [-0.05, 0) is 19.8 Å². The molecular formula is C5H10Mg. The van der Waals surface area contributed by atoms with Crippen LogP contribution < -0.4 is 0 Å². The van der Waals surface area contributed by atoms with Gasteiger partial charge in [0.05, 0.1) is 0 Å². The Kier molecular flexibility index (Phi) is 2.86. The summed E-state index contributed by atoms with van der Waals surface area (Å²) in [5.74, 6) is 0. The van der Waals surface area contributed by atoms with Crippen molar-refractivity contribution in [3.8, 4) is 0 Å². The second-order valence-electron chi connectivity index (χ2n) is 1.59. The van der Waals surface area contributed by atoms with Gasteiger partial charge in [-0.2, -0.15) is 0 Å². The number of hydrogen-bond donors (Lipinski definition) is 0. The van der Waals surface area contributed by atoms with E-state index in [1.165, 1.54) is 12.8 Å². The summed E-state index contributed by atoms with van der Waals surface area (Å²) in [7, 11) is 0. The van der Waals surface area contributed by atoms with Gasteiger partial charge in [0.2, 0.25) is 0 Å². The van der Waals surface area contributed by atoms with Gasteiger partial charge in [0.25, 0.3) is 0 Å². The van der Waals surface area contributed by atoms with Gasteiger partial charge in [-0.3, -0.25) is 0 Å². The van der Waals surface area contributed by atoms with Crippen LogP contribution in [0.25, 0.3) is 0 Å². The van der Waals surface area contributed by atoms with E-state index in [-0.39, 0.29) is 25.9 Å². The molecule has 1 aliphatic carbocycles. The zero-order chi connectivity index (χ0) is 3.70. The molecule has 0 aromatic rings. The van der Waals surface area contributed by atoms with Crippen molar-refractivity contribution in [3.63, 3.8) is 0 Å². The van der Waals surface area contributed by atoms with Crippen molar-refractivity contribution >= 4 is 23.1 Å². The number of allylic oxidation sites excluding steroid dienone is 2. The molecule has 0 aromatic carbocycles. The number of hydrogen-bond acceptors (Lipinski definition) is 0. The van der Waals surface area contributed by atoms with Crippen LogP contribution in [0.2, 0.25) is 0 Å². The van der Waals surface area contributed by atoms with E-state index in [1.807, 2.05) is 0 Å². The van der Waals surface area contributed by atoms with Gasteiger partial charge in [-0.25, -0.2) is 0 Å². The molecule has 0 saturated heterocycles. The second kappa shape index (κ2) is 2.64. The minimum Gasteiger partial charge on any atom is -1.00 e. The Hall–Kier alpha value is 0.506. The average Bonchev–Trinajstić information content (AvgIpc) is 1.30. The monoisotopic (exact) mass is 94.1 g/mol. The van der Waals surface area contributed by atoms with E-state index in [9.17, 15) is 0 Å². The molecule has 1 rings (SSSR count). The average molecular weight is 94.4 g/mol. The van der Waals surface area contributed by atoms with Gasteiger partial charge >= 0.3 is 23.1 Å². The summed E-state index contributed by atoms with van der Waals surface area (Å²) in [5.41, 5.74) is 1.56. The van der Waals surface area contributed by atoms with Crippen LogP contribution in [-0.2, 0) is 0 Å². The maximum absolute atomic E-state index is 2.26. The van der Waals surface area contributed by atoms with Crippen LogP contribution in [0.4, 0.5) is 0 Å². The topological polar surface area (TPSA) is 0 Å². The Balaban J connectivity index is -0.0000000833. The van der Waals surface area contributed by atoms with E-state index in [4.69, 9.17) is 0 Å². The van der Waals surface area contributed by atoms with E-state index in [1.54, 1.807) is 5.57 Å². The molecule has 0 amide bonds. The third-order valence-electron chi connectivity index (χ3n) is 1.03. The fourth-order valence-electron chi connectivity index (χ4n) is 0.433. The van der Waals surface area contributed by atoms with E-state index < -0.39 is 0 Å². The molecule has 32 valence electrons. The third-order valence-corrected chi connectivity index (χ3v) is 1.03. The van der Waals surface area contributed by atoms with Crippen LogP contribution in [0, 0.1) is 0 Å². The van der Waals surface area contributed by atoms with Crippen molar-refractivity contribution in [2.45, 2.75) is 19.8 Å². The molecule has 0 fully saturated rings. The summed E-state index contributed by atoms with van der Waals surface area (Å²) in [6.45, 7) is 2.17. The summed E-state index contributed by atoms with van der Waals surface area (Å²) in [6, 6.07) is 0. The van der Waals surface area contributed by atoms with Crippen LogP contribution in [-0.4, -0.2) is 23.1 Å². The van der Waals surface area contributed by atoms with E-state index in [2.05, 4.69) is 13.0 Å². The van der Waals surface area contributed by atoms with Crippen LogP contribution in [0.15, 0.2) is 11.6 Å². The summed E-state index contributed by atoms with van der Waals surface area (Å²) >= 11 is 0. The number of rotatable bonds is 0. The zero-order valence-electron chi connectivity index (χ0n) is 6.20. The first-order valence-corrected chi connectivity index (χ1v) is 2.05. The van der Waals surface area contributed by atoms with Crippen molar-refractivity contribution in [1.82, 2.24) is 0 Å². The first-order chi connectivity index (χ1) is 2.39. The SMILES string of the molecule is CC1=CCC1.[H-].[H-].[Mg+2]. The van der Waals surface area contributed by atoms with Gasteiger partial charge in [-0.15, -0.1) is 0 Å². The molecule has 1 heteroatoms. The largest absolute Gasteiger partial charge is 2.00 e. The van der Waals surface area contributed by atoms with E-state index >= 15 is 0 Å². The Bertz CT molecular complexity index is 70.8. The molecule has 0 unspecified atom stereocenters. The molecule has 0 radical (unpaired) electrons. The van der Waals surface area contributed by atoms with Crippen molar-refractivity contribution in [3.05, 3.63) is 11.6 Å². The summed E-state index contributed by atoms with van der Waals surface area (Å²) in [5, 5.41) is 0. The third kappa shape index (κ3) is 1.31. The zero-order valence-corrected chi connectivity index (χ0v) is 5.61. The minimum absolute atomic E-state index is 0. The quantitative estimate of drug-likeness (QED) is 0.316. The van der Waals surface area contributed by atoms with Crippen molar-refractivity contribution in [2.75, 3.05) is 0 Å². The normalized spacial score (nSPS) is 17.2. The summed E-state index contributed by atoms with van der Waals surface area (Å²) in [4.78, 5) is 0. The van der Waals surface area contributed by atoms with Gasteiger partial charge in [-0.1, -0.05) is 11.6 Å². The maximum atomic E-state index is 2.26. The van der Waals surface area contributed by atoms with E-state index in [0.717, 1.165) is 0 Å². The van der Waals surface area contributed by atoms with Gasteiger partial charge in [0.15, 0.2) is 0 Å². The Morgan fingerprint density at radius 2 is 2.17 bits per heavy atom. The summed E-state index contributed by atoms with van der Waals surface area (Å²) in [6.07, 6.45) is 4.94. The van der Waals surface area contributed by atoms with Crippen LogP contribution in [0.5, 0.6) is 0 Å². The molecule has 6 heavy (non-hydrogen) atoms. The first-order valence-electron chi connectivity index (χ1n) is 2.05. The molecule has 0 nitrogen and oxygen atoms in total. The molecule has 0 bridgehead atoms. The molecule has 0 atom stereocenters. The molecule has 0 N–H and O–H groups in total. The minimum atomic E-state index is 0. The molecule has 1 aliphatic rings. The van der Waals surface area contributed by atoms with E-state index in [0.29, 0.717) is 0 Å². The van der Waals surface area contributed by atoms with Crippen LogP contribution in [0.1, 0.15) is 22.6 Å². The van der Waals surface area contributed by atoms with Crippen molar-refractivity contribution in [1.29, 1.82) is 0 Å². The fourth-order valence-corrected chi connectivity index (χ4v) is 0.433. The Morgan fingerprint density at radius 1 is 1.83 bits per heavy atom. The molecule has 0 spiro atoms. The molecule has 0 aliphatic heterocycles. The molecule has 0 aromatic heterocycles. The fraction of sp³-hybridized carbons (Fsp3) is 0.600. The van der Waals surface area contributed by atoms with Crippen molar-refractivity contribution < 1.29 is 2.85 Å². The van der Waals surface area contributed by atoms with Gasteiger partial charge in [0.1, 0.15) is 0 Å². The first kappa shape index (κ1) is 6.51. The summed E-state index contributed by atoms with van der Waals surface area (Å²) < 4.78 is 0. The Labute approximate surface area is 57.7 Å². The smallest absolute Gasteiger partial charge is 1.00 e.